The maximum atomic E-state index is 12.6. The van der Waals surface area contributed by atoms with Gasteiger partial charge in [0.05, 0.1) is 0 Å². The quantitative estimate of drug-likeness (QED) is 0.833. The van der Waals surface area contributed by atoms with Crippen LogP contribution in [0, 0.1) is 5.92 Å². The van der Waals surface area contributed by atoms with Crippen LogP contribution in [0.15, 0.2) is 21.9 Å². The number of likely N-dealkylation sites (tertiary alicyclic amines) is 1. The molecule has 0 aromatic carbocycles. The molecule has 1 fully saturated rings. The van der Waals surface area contributed by atoms with Crippen molar-refractivity contribution in [2.45, 2.75) is 52.1 Å². The van der Waals surface area contributed by atoms with E-state index in [9.17, 15) is 14.4 Å². The Morgan fingerprint density at radius 3 is 2.77 bits per heavy atom. The topological polar surface area (TPSA) is 64.3 Å². The summed E-state index contributed by atoms with van der Waals surface area (Å²) in [6, 6.07) is 1.58. The molecule has 2 heterocycles. The summed E-state index contributed by atoms with van der Waals surface area (Å²) in [5.74, 6) is 0.459. The van der Waals surface area contributed by atoms with E-state index in [2.05, 4.69) is 13.8 Å². The molecule has 0 spiro atoms. The summed E-state index contributed by atoms with van der Waals surface area (Å²) >= 11 is 0. The van der Waals surface area contributed by atoms with Crippen molar-refractivity contribution in [3.8, 4) is 0 Å². The minimum absolute atomic E-state index is 0.000111. The zero-order chi connectivity index (χ0) is 16.3. The number of piperidine rings is 1. The predicted octanol–water partition coefficient (Wildman–Crippen LogP) is 0.974. The lowest BCUT2D eigenvalue weighted by atomic mass is 9.88. The predicted molar refractivity (Wildman–Crippen MR) is 84.8 cm³/mol. The molecule has 0 aliphatic carbocycles. The van der Waals surface area contributed by atoms with E-state index >= 15 is 0 Å². The Labute approximate surface area is 130 Å². The van der Waals surface area contributed by atoms with Crippen LogP contribution in [0.4, 0.5) is 0 Å². The van der Waals surface area contributed by atoms with Gasteiger partial charge in [-0.05, 0) is 25.2 Å². The van der Waals surface area contributed by atoms with Crippen LogP contribution in [-0.4, -0.2) is 32.5 Å². The standard InChI is InChI=1S/C16H25N3O3/c1-4-6-13-12(2)7-5-9-19(13)15(21)11-18-10-8-14(20)17(3)16(18)22/h8,10,12-13H,4-7,9,11H2,1-3H3/t12-,13-/m1/s1. The van der Waals surface area contributed by atoms with Gasteiger partial charge in [-0.15, -0.1) is 0 Å². The Bertz CT molecular complexity index is 647. The zero-order valence-corrected chi connectivity index (χ0v) is 13.6. The van der Waals surface area contributed by atoms with Gasteiger partial charge in [0, 0.05) is 31.9 Å². The molecule has 22 heavy (non-hydrogen) atoms. The number of carbonyl (C=O) groups excluding carboxylic acids is 1. The van der Waals surface area contributed by atoms with E-state index in [0.717, 1.165) is 36.8 Å². The van der Waals surface area contributed by atoms with Gasteiger partial charge in [-0.25, -0.2) is 4.79 Å². The minimum atomic E-state index is -0.446. The third-order valence-corrected chi connectivity index (χ3v) is 4.59. The van der Waals surface area contributed by atoms with Gasteiger partial charge in [-0.1, -0.05) is 20.3 Å². The van der Waals surface area contributed by atoms with Gasteiger partial charge in [-0.3, -0.25) is 18.7 Å². The van der Waals surface area contributed by atoms with Crippen molar-refractivity contribution in [3.63, 3.8) is 0 Å². The van der Waals surface area contributed by atoms with E-state index in [1.54, 1.807) is 0 Å². The Morgan fingerprint density at radius 2 is 2.09 bits per heavy atom. The van der Waals surface area contributed by atoms with Crippen LogP contribution in [0.25, 0.3) is 0 Å². The molecule has 2 atom stereocenters. The average Bonchev–Trinajstić information content (AvgIpc) is 2.50. The average molecular weight is 307 g/mol. The van der Waals surface area contributed by atoms with Gasteiger partial charge in [-0.2, -0.15) is 0 Å². The molecule has 2 rings (SSSR count). The van der Waals surface area contributed by atoms with Gasteiger partial charge in [0.15, 0.2) is 0 Å². The van der Waals surface area contributed by atoms with Crippen LogP contribution in [0.1, 0.15) is 39.5 Å². The van der Waals surface area contributed by atoms with Crippen LogP contribution in [-0.2, 0) is 18.4 Å². The number of aromatic nitrogens is 2. The normalized spacial score (nSPS) is 21.9. The summed E-state index contributed by atoms with van der Waals surface area (Å²) in [5, 5.41) is 0. The first-order chi connectivity index (χ1) is 10.5. The van der Waals surface area contributed by atoms with Gasteiger partial charge < -0.3 is 4.90 Å². The fraction of sp³-hybridized carbons (Fsp3) is 0.688. The largest absolute Gasteiger partial charge is 0.338 e. The first-order valence-electron chi connectivity index (χ1n) is 8.01. The second-order valence-electron chi connectivity index (χ2n) is 6.19. The molecule has 1 aliphatic heterocycles. The summed E-state index contributed by atoms with van der Waals surface area (Å²) in [5.41, 5.74) is -0.804. The zero-order valence-electron chi connectivity index (χ0n) is 13.6. The fourth-order valence-corrected chi connectivity index (χ4v) is 3.27. The van der Waals surface area contributed by atoms with E-state index in [-0.39, 0.29) is 24.1 Å². The maximum Gasteiger partial charge on any atom is 0.331 e. The Morgan fingerprint density at radius 1 is 1.36 bits per heavy atom. The Hall–Kier alpha value is -1.85. The van der Waals surface area contributed by atoms with Crippen molar-refractivity contribution in [1.29, 1.82) is 0 Å². The van der Waals surface area contributed by atoms with E-state index < -0.39 is 5.69 Å². The molecule has 0 bridgehead atoms. The van der Waals surface area contributed by atoms with Gasteiger partial charge in [0.2, 0.25) is 5.91 Å². The molecule has 0 N–H and O–H groups in total. The highest BCUT2D eigenvalue weighted by atomic mass is 16.2. The highest BCUT2D eigenvalue weighted by molar-refractivity contribution is 5.76. The first-order valence-corrected chi connectivity index (χ1v) is 8.01. The summed E-state index contributed by atoms with van der Waals surface area (Å²) in [6.07, 6.45) is 5.60. The minimum Gasteiger partial charge on any atom is -0.338 e. The van der Waals surface area contributed by atoms with E-state index in [0.29, 0.717) is 5.92 Å². The Kier molecular flexibility index (Phi) is 5.21. The van der Waals surface area contributed by atoms with Crippen molar-refractivity contribution in [2.75, 3.05) is 6.54 Å². The van der Waals surface area contributed by atoms with Crippen LogP contribution >= 0.6 is 0 Å². The highest BCUT2D eigenvalue weighted by Gasteiger charge is 2.31. The van der Waals surface area contributed by atoms with Crippen LogP contribution in [0.5, 0.6) is 0 Å². The molecule has 1 aromatic rings. The van der Waals surface area contributed by atoms with Crippen molar-refractivity contribution >= 4 is 5.91 Å². The number of carbonyl (C=O) groups is 1. The Balaban J connectivity index is 2.19. The monoisotopic (exact) mass is 307 g/mol. The van der Waals surface area contributed by atoms with Crippen LogP contribution in [0.2, 0.25) is 0 Å². The van der Waals surface area contributed by atoms with Gasteiger partial charge >= 0.3 is 5.69 Å². The SMILES string of the molecule is CCC[C@@H]1[C@H](C)CCCN1C(=O)Cn1ccc(=O)n(C)c1=O. The third-order valence-electron chi connectivity index (χ3n) is 4.59. The number of hydrogen-bond acceptors (Lipinski definition) is 3. The highest BCUT2D eigenvalue weighted by Crippen LogP contribution is 2.26. The molecule has 0 unspecified atom stereocenters. The van der Waals surface area contributed by atoms with E-state index in [4.69, 9.17) is 0 Å². The molecular formula is C16H25N3O3. The number of amides is 1. The molecule has 1 saturated heterocycles. The molecule has 0 radical (unpaired) electrons. The summed E-state index contributed by atoms with van der Waals surface area (Å²) in [4.78, 5) is 38.0. The lowest BCUT2D eigenvalue weighted by Gasteiger charge is -2.40. The van der Waals surface area contributed by atoms with Crippen LogP contribution in [0.3, 0.4) is 0 Å². The van der Waals surface area contributed by atoms with Gasteiger partial charge in [0.1, 0.15) is 6.54 Å². The fourth-order valence-electron chi connectivity index (χ4n) is 3.27. The smallest absolute Gasteiger partial charge is 0.331 e. The molecule has 6 nitrogen and oxygen atoms in total. The van der Waals surface area contributed by atoms with E-state index in [1.807, 2.05) is 4.90 Å². The number of hydrogen-bond donors (Lipinski definition) is 0. The summed E-state index contributed by atoms with van der Waals surface area (Å²) in [6.45, 7) is 5.08. The van der Waals surface area contributed by atoms with Crippen molar-refractivity contribution in [2.24, 2.45) is 13.0 Å². The van der Waals surface area contributed by atoms with Crippen LogP contribution < -0.4 is 11.2 Å². The van der Waals surface area contributed by atoms with Gasteiger partial charge in [0.25, 0.3) is 5.56 Å². The summed E-state index contributed by atoms with van der Waals surface area (Å²) in [7, 11) is 1.43. The van der Waals surface area contributed by atoms with Crippen molar-refractivity contribution in [1.82, 2.24) is 14.0 Å². The molecule has 1 aromatic heterocycles. The third kappa shape index (κ3) is 3.31. The molecule has 1 amide bonds. The van der Waals surface area contributed by atoms with Crippen molar-refractivity contribution < 1.29 is 4.79 Å². The molecule has 0 saturated carbocycles. The number of rotatable bonds is 4. The van der Waals surface area contributed by atoms with Crippen molar-refractivity contribution in [3.05, 3.63) is 33.1 Å². The summed E-state index contributed by atoms with van der Waals surface area (Å²) < 4.78 is 2.33. The molecule has 1 aliphatic rings. The van der Waals surface area contributed by atoms with E-state index in [1.165, 1.54) is 23.9 Å². The second-order valence-corrected chi connectivity index (χ2v) is 6.19. The maximum absolute atomic E-state index is 12.6. The molecule has 122 valence electrons. The second kappa shape index (κ2) is 6.94. The molecular weight excluding hydrogens is 282 g/mol. The lowest BCUT2D eigenvalue weighted by molar-refractivity contribution is -0.137. The number of nitrogens with zero attached hydrogens (tertiary/aromatic N) is 3. The first kappa shape index (κ1) is 16.5. The lowest BCUT2D eigenvalue weighted by Crippen LogP contribution is -2.50. The molecule has 6 heteroatoms.